The van der Waals surface area contributed by atoms with Gasteiger partial charge in [-0.15, -0.1) is 0 Å². The van der Waals surface area contributed by atoms with E-state index in [1.807, 2.05) is 37.5 Å². The van der Waals surface area contributed by atoms with E-state index in [9.17, 15) is 13.6 Å². The van der Waals surface area contributed by atoms with Gasteiger partial charge >= 0.3 is 0 Å². The molecule has 7 heteroatoms. The van der Waals surface area contributed by atoms with Crippen molar-refractivity contribution in [3.05, 3.63) is 88.9 Å². The van der Waals surface area contributed by atoms with Crippen LogP contribution < -0.4 is 10.6 Å². The summed E-state index contributed by atoms with van der Waals surface area (Å²) in [4.78, 5) is 19.1. The molecule has 0 saturated heterocycles. The van der Waals surface area contributed by atoms with Crippen molar-refractivity contribution >= 4 is 17.8 Å². The molecule has 3 rings (SSSR count). The number of nitrogens with zero attached hydrogens (tertiary/aromatic N) is 2. The Labute approximate surface area is 203 Å². The molecule has 1 amide bonds. The van der Waals surface area contributed by atoms with Gasteiger partial charge in [-0.1, -0.05) is 31.2 Å². The number of anilines is 1. The summed E-state index contributed by atoms with van der Waals surface area (Å²) in [5, 5.41) is 6.37. The number of hydrogen-bond acceptors (Lipinski definition) is 4. The third-order valence-electron chi connectivity index (χ3n) is 5.78. The molecular formula is C27H36F2N4O. The molecule has 1 aliphatic rings. The lowest BCUT2D eigenvalue weighted by Gasteiger charge is -2.22. The SMILES string of the molecule is CCN(C)/C=C1/N=CC(N[C@@H](C)c2cccc(NC(=O)CCc3ccc(F)c(F)c3)c2)=CC1C.[HH].[HH]. The van der Waals surface area contributed by atoms with E-state index in [0.29, 0.717) is 17.7 Å². The van der Waals surface area contributed by atoms with E-state index in [4.69, 9.17) is 0 Å². The number of rotatable bonds is 9. The minimum atomic E-state index is -0.903. The van der Waals surface area contributed by atoms with Gasteiger partial charge in [0.05, 0.1) is 11.9 Å². The van der Waals surface area contributed by atoms with Gasteiger partial charge < -0.3 is 15.5 Å². The molecule has 0 aliphatic carbocycles. The molecule has 34 heavy (non-hydrogen) atoms. The number of halogens is 2. The molecule has 1 unspecified atom stereocenters. The predicted molar refractivity (Wildman–Crippen MR) is 138 cm³/mol. The molecule has 0 spiro atoms. The van der Waals surface area contributed by atoms with Crippen LogP contribution in [0.4, 0.5) is 14.5 Å². The van der Waals surface area contributed by atoms with Crippen molar-refractivity contribution in [1.29, 1.82) is 0 Å². The first-order valence-corrected chi connectivity index (χ1v) is 11.5. The van der Waals surface area contributed by atoms with E-state index in [2.05, 4.69) is 53.6 Å². The molecule has 0 saturated carbocycles. The van der Waals surface area contributed by atoms with Crippen molar-refractivity contribution in [2.75, 3.05) is 18.9 Å². The van der Waals surface area contributed by atoms with Gasteiger partial charge in [-0.2, -0.15) is 0 Å². The zero-order valence-corrected chi connectivity index (χ0v) is 20.1. The van der Waals surface area contributed by atoms with Crippen molar-refractivity contribution < 1.29 is 16.4 Å². The second kappa shape index (κ2) is 11.6. The number of carbonyl (C=O) groups excluding carboxylic acids is 1. The van der Waals surface area contributed by atoms with Crippen LogP contribution in [-0.4, -0.2) is 30.6 Å². The maximum atomic E-state index is 13.3. The van der Waals surface area contributed by atoms with Gasteiger partial charge in [0, 0.05) is 52.4 Å². The first-order chi connectivity index (χ1) is 16.2. The zero-order valence-electron chi connectivity index (χ0n) is 20.1. The van der Waals surface area contributed by atoms with Crippen LogP contribution in [0.25, 0.3) is 0 Å². The quantitative estimate of drug-likeness (QED) is 0.467. The van der Waals surface area contributed by atoms with Crippen LogP contribution in [0.1, 0.15) is 47.2 Å². The second-order valence-corrected chi connectivity index (χ2v) is 8.58. The Balaban J connectivity index is 0.00000324. The second-order valence-electron chi connectivity index (χ2n) is 8.58. The first kappa shape index (κ1) is 25.1. The molecule has 1 aliphatic heterocycles. The van der Waals surface area contributed by atoms with Crippen LogP contribution in [0.2, 0.25) is 0 Å². The van der Waals surface area contributed by atoms with Crippen molar-refractivity contribution in [3.63, 3.8) is 0 Å². The number of allylic oxidation sites excluding steroid dienone is 2. The highest BCUT2D eigenvalue weighted by atomic mass is 19.2. The van der Waals surface area contributed by atoms with Crippen molar-refractivity contribution in [1.82, 2.24) is 10.2 Å². The number of carbonyl (C=O) groups is 1. The minimum absolute atomic E-state index is 0. The fourth-order valence-corrected chi connectivity index (χ4v) is 3.61. The van der Waals surface area contributed by atoms with Crippen LogP contribution >= 0.6 is 0 Å². The molecule has 5 nitrogen and oxygen atoms in total. The lowest BCUT2D eigenvalue weighted by Crippen LogP contribution is -2.22. The Morgan fingerprint density at radius 2 is 2.03 bits per heavy atom. The smallest absolute Gasteiger partial charge is 0.224 e. The van der Waals surface area contributed by atoms with Crippen LogP contribution in [0.5, 0.6) is 0 Å². The fraction of sp³-hybridized carbons (Fsp3) is 0.333. The molecule has 0 bridgehead atoms. The van der Waals surface area contributed by atoms with Gasteiger partial charge in [0.15, 0.2) is 11.6 Å². The summed E-state index contributed by atoms with van der Waals surface area (Å²) in [6.07, 6.45) is 6.57. The molecular weight excluding hydrogens is 434 g/mol. The fourth-order valence-electron chi connectivity index (χ4n) is 3.61. The van der Waals surface area contributed by atoms with Crippen LogP contribution in [0, 0.1) is 17.6 Å². The van der Waals surface area contributed by atoms with Gasteiger partial charge in [0.2, 0.25) is 5.91 Å². The number of dihydropyridines is 1. The molecule has 1 heterocycles. The molecule has 2 aromatic carbocycles. The number of hydrogen-bond donors (Lipinski definition) is 2. The predicted octanol–water partition coefficient (Wildman–Crippen LogP) is 6.08. The van der Waals surface area contributed by atoms with Crippen molar-refractivity contribution in [3.8, 4) is 0 Å². The molecule has 0 fully saturated rings. The summed E-state index contributed by atoms with van der Waals surface area (Å²) in [7, 11) is 2.03. The van der Waals surface area contributed by atoms with E-state index < -0.39 is 11.6 Å². The highest BCUT2D eigenvalue weighted by Crippen LogP contribution is 2.23. The van der Waals surface area contributed by atoms with E-state index in [1.54, 1.807) is 0 Å². The molecule has 0 aromatic heterocycles. The summed E-state index contributed by atoms with van der Waals surface area (Å²) >= 11 is 0. The monoisotopic (exact) mass is 470 g/mol. The average molecular weight is 471 g/mol. The number of nitrogens with one attached hydrogen (secondary N) is 2. The third-order valence-corrected chi connectivity index (χ3v) is 5.78. The first-order valence-electron chi connectivity index (χ1n) is 11.5. The van der Waals surface area contributed by atoms with Crippen molar-refractivity contribution in [2.45, 2.75) is 39.7 Å². The maximum absolute atomic E-state index is 13.3. The lowest BCUT2D eigenvalue weighted by atomic mass is 10.0. The maximum Gasteiger partial charge on any atom is 0.224 e. The molecule has 0 radical (unpaired) electrons. The van der Waals surface area contributed by atoms with Crippen LogP contribution in [0.3, 0.4) is 0 Å². The summed E-state index contributed by atoms with van der Waals surface area (Å²) in [6.45, 7) is 7.20. The number of aliphatic imine (C=N–C) groups is 1. The zero-order chi connectivity index (χ0) is 24.7. The lowest BCUT2D eigenvalue weighted by molar-refractivity contribution is -0.116. The highest BCUT2D eigenvalue weighted by molar-refractivity contribution is 5.91. The van der Waals surface area contributed by atoms with Gasteiger partial charge in [-0.25, -0.2) is 8.78 Å². The average Bonchev–Trinajstić information content (AvgIpc) is 2.81. The van der Waals surface area contributed by atoms with Crippen molar-refractivity contribution in [2.24, 2.45) is 10.9 Å². The van der Waals surface area contributed by atoms with Gasteiger partial charge in [0.1, 0.15) is 0 Å². The number of amides is 1. The largest absolute Gasteiger partial charge is 0.379 e. The van der Waals surface area contributed by atoms with Gasteiger partial charge in [-0.3, -0.25) is 9.79 Å². The van der Waals surface area contributed by atoms with E-state index in [1.165, 1.54) is 6.07 Å². The normalized spacial score (nSPS) is 17.3. The number of benzene rings is 2. The van der Waals surface area contributed by atoms with Crippen LogP contribution in [0.15, 0.2) is 71.1 Å². The summed E-state index contributed by atoms with van der Waals surface area (Å²) in [5.74, 6) is -1.78. The van der Waals surface area contributed by atoms with E-state index in [-0.39, 0.29) is 27.1 Å². The molecule has 2 aromatic rings. The summed E-state index contributed by atoms with van der Waals surface area (Å²) < 4.78 is 26.4. The third kappa shape index (κ3) is 7.01. The van der Waals surface area contributed by atoms with Gasteiger partial charge in [0.25, 0.3) is 0 Å². The molecule has 2 atom stereocenters. The minimum Gasteiger partial charge on any atom is -0.379 e. The Hall–Kier alpha value is -3.48. The summed E-state index contributed by atoms with van der Waals surface area (Å²) in [6, 6.07) is 11.4. The Morgan fingerprint density at radius 1 is 1.24 bits per heavy atom. The Morgan fingerprint density at radius 3 is 2.74 bits per heavy atom. The van der Waals surface area contributed by atoms with E-state index >= 15 is 0 Å². The van der Waals surface area contributed by atoms with Gasteiger partial charge in [-0.05, 0) is 55.7 Å². The highest BCUT2D eigenvalue weighted by Gasteiger charge is 2.15. The Bertz CT molecular complexity index is 1120. The number of aryl methyl sites for hydroxylation is 1. The standard InChI is InChI=1S/C27H32F2N4O.2H2/c1-5-33(4)17-26-18(2)13-23(16-30-26)31-19(3)21-7-6-8-22(15-21)32-27(34)12-10-20-9-11-24(28)25(29)14-20;;/h6-9,11,13-19,31H,5,10,12H2,1-4H3,(H,32,34);2*1H/b26-17+;;/t18?,19-;;/m0../s1. The topological polar surface area (TPSA) is 56.7 Å². The summed E-state index contributed by atoms with van der Waals surface area (Å²) in [5.41, 5.74) is 4.27. The molecule has 2 N–H and O–H groups in total. The molecule has 184 valence electrons. The van der Waals surface area contributed by atoms with E-state index in [0.717, 1.165) is 35.6 Å². The Kier molecular flexibility index (Phi) is 8.57. The van der Waals surface area contributed by atoms with Crippen LogP contribution in [-0.2, 0) is 11.2 Å².